The van der Waals surface area contributed by atoms with Gasteiger partial charge in [0.25, 0.3) is 0 Å². The number of rotatable bonds is 6. The molecule has 108 valence electrons. The number of piperidine rings is 1. The zero-order chi connectivity index (χ0) is 13.8. The van der Waals surface area contributed by atoms with E-state index in [2.05, 4.69) is 63.0 Å². The zero-order valence-electron chi connectivity index (χ0n) is 13.1. The van der Waals surface area contributed by atoms with E-state index in [0.717, 1.165) is 5.92 Å². The van der Waals surface area contributed by atoms with Gasteiger partial charge in [-0.1, -0.05) is 20.8 Å². The Morgan fingerprint density at radius 2 is 1.89 bits per heavy atom. The van der Waals surface area contributed by atoms with Gasteiger partial charge < -0.3 is 5.32 Å². The summed E-state index contributed by atoms with van der Waals surface area (Å²) < 4.78 is 0.459. The molecule has 0 aliphatic carbocycles. The van der Waals surface area contributed by atoms with Crippen molar-refractivity contribution in [3.63, 3.8) is 0 Å². The van der Waals surface area contributed by atoms with Crippen LogP contribution in [0.4, 0.5) is 0 Å². The van der Waals surface area contributed by atoms with Crippen LogP contribution in [-0.2, 0) is 0 Å². The molecule has 0 bridgehead atoms. The highest BCUT2D eigenvalue weighted by atomic mass is 32.2. The highest BCUT2D eigenvalue weighted by Gasteiger charge is 2.36. The summed E-state index contributed by atoms with van der Waals surface area (Å²) in [6.07, 6.45) is 6.12. The van der Waals surface area contributed by atoms with Gasteiger partial charge in [0.2, 0.25) is 0 Å². The molecule has 0 spiro atoms. The fraction of sp³-hybridized carbons (Fsp3) is 1.00. The monoisotopic (exact) mass is 272 g/mol. The molecule has 3 unspecified atom stereocenters. The molecule has 1 aliphatic rings. The molecule has 3 atom stereocenters. The minimum atomic E-state index is 0.459. The maximum atomic E-state index is 3.48. The standard InChI is InChI=1S/C15H32N2S/c1-7-15(8-2,18-6)11-17-10-9-14(16-5)12(3)13(17)4/h12-14,16H,7-11H2,1-6H3. The van der Waals surface area contributed by atoms with Gasteiger partial charge in [-0.05, 0) is 52.0 Å². The van der Waals surface area contributed by atoms with Gasteiger partial charge in [0, 0.05) is 23.4 Å². The summed E-state index contributed by atoms with van der Waals surface area (Å²) in [5.74, 6) is 0.747. The van der Waals surface area contributed by atoms with Gasteiger partial charge in [-0.2, -0.15) is 11.8 Å². The largest absolute Gasteiger partial charge is 0.317 e. The first-order valence-electron chi connectivity index (χ1n) is 7.50. The lowest BCUT2D eigenvalue weighted by Crippen LogP contribution is -2.55. The molecule has 0 radical (unpaired) electrons. The van der Waals surface area contributed by atoms with Crippen LogP contribution in [0.25, 0.3) is 0 Å². The summed E-state index contributed by atoms with van der Waals surface area (Å²) in [7, 11) is 2.10. The van der Waals surface area contributed by atoms with E-state index in [1.807, 2.05) is 0 Å². The minimum Gasteiger partial charge on any atom is -0.317 e. The SMILES string of the molecule is CCC(CC)(CN1CCC(NC)C(C)C1C)SC. The Bertz CT molecular complexity index is 232. The molecule has 1 saturated heterocycles. The molecule has 1 aliphatic heterocycles. The number of nitrogens with zero attached hydrogens (tertiary/aromatic N) is 1. The molecular formula is C15H32N2S. The summed E-state index contributed by atoms with van der Waals surface area (Å²) in [6, 6.07) is 1.39. The van der Waals surface area contributed by atoms with E-state index < -0.39 is 0 Å². The fourth-order valence-electron chi connectivity index (χ4n) is 3.27. The lowest BCUT2D eigenvalue weighted by Gasteiger charge is -2.46. The maximum Gasteiger partial charge on any atom is 0.0279 e. The lowest BCUT2D eigenvalue weighted by molar-refractivity contribution is 0.0769. The molecule has 0 aromatic carbocycles. The van der Waals surface area contributed by atoms with Gasteiger partial charge in [0.05, 0.1) is 0 Å². The van der Waals surface area contributed by atoms with Crippen molar-refractivity contribution in [2.24, 2.45) is 5.92 Å². The number of likely N-dealkylation sites (tertiary alicyclic amines) is 1. The van der Waals surface area contributed by atoms with Crippen LogP contribution in [0.3, 0.4) is 0 Å². The second-order valence-electron chi connectivity index (χ2n) is 5.85. The molecule has 1 rings (SSSR count). The molecular weight excluding hydrogens is 240 g/mol. The second-order valence-corrected chi connectivity index (χ2v) is 7.12. The minimum absolute atomic E-state index is 0.459. The Morgan fingerprint density at radius 1 is 1.28 bits per heavy atom. The third kappa shape index (κ3) is 3.43. The number of hydrogen-bond acceptors (Lipinski definition) is 3. The van der Waals surface area contributed by atoms with Crippen molar-refractivity contribution in [3.8, 4) is 0 Å². The van der Waals surface area contributed by atoms with Crippen molar-refractivity contribution in [1.82, 2.24) is 10.2 Å². The molecule has 0 aromatic rings. The predicted molar refractivity (Wildman–Crippen MR) is 84.5 cm³/mol. The third-order valence-corrected chi connectivity index (χ3v) is 6.86. The molecule has 0 aromatic heterocycles. The van der Waals surface area contributed by atoms with Gasteiger partial charge >= 0.3 is 0 Å². The predicted octanol–water partition coefficient (Wildman–Crippen LogP) is 3.23. The maximum absolute atomic E-state index is 3.48. The molecule has 1 heterocycles. The summed E-state index contributed by atoms with van der Waals surface area (Å²) in [6.45, 7) is 12.0. The van der Waals surface area contributed by atoms with Gasteiger partial charge in [-0.15, -0.1) is 0 Å². The zero-order valence-corrected chi connectivity index (χ0v) is 13.9. The molecule has 2 nitrogen and oxygen atoms in total. The topological polar surface area (TPSA) is 15.3 Å². The first kappa shape index (κ1) is 16.3. The molecule has 3 heteroatoms. The van der Waals surface area contributed by atoms with Gasteiger partial charge in [-0.3, -0.25) is 4.90 Å². The number of nitrogens with one attached hydrogen (secondary N) is 1. The molecule has 0 saturated carbocycles. The smallest absolute Gasteiger partial charge is 0.0279 e. The Labute approximate surface area is 118 Å². The van der Waals surface area contributed by atoms with Crippen LogP contribution >= 0.6 is 11.8 Å². The highest BCUT2D eigenvalue weighted by molar-refractivity contribution is 8.00. The van der Waals surface area contributed by atoms with Crippen LogP contribution in [0, 0.1) is 5.92 Å². The van der Waals surface area contributed by atoms with Crippen LogP contribution in [0.2, 0.25) is 0 Å². The van der Waals surface area contributed by atoms with Crippen LogP contribution in [-0.4, -0.2) is 48.1 Å². The van der Waals surface area contributed by atoms with E-state index >= 15 is 0 Å². The molecule has 0 amide bonds. The van der Waals surface area contributed by atoms with E-state index in [-0.39, 0.29) is 0 Å². The summed E-state index contributed by atoms with van der Waals surface area (Å²) in [5.41, 5.74) is 0. The molecule has 18 heavy (non-hydrogen) atoms. The first-order valence-corrected chi connectivity index (χ1v) is 8.72. The van der Waals surface area contributed by atoms with E-state index in [9.17, 15) is 0 Å². The van der Waals surface area contributed by atoms with Gasteiger partial charge in [0.1, 0.15) is 0 Å². The van der Waals surface area contributed by atoms with Crippen molar-refractivity contribution >= 4 is 11.8 Å². The van der Waals surface area contributed by atoms with Crippen LogP contribution in [0.15, 0.2) is 0 Å². The van der Waals surface area contributed by atoms with Crippen LogP contribution < -0.4 is 5.32 Å². The number of hydrogen-bond donors (Lipinski definition) is 1. The third-order valence-electron chi connectivity index (χ3n) is 5.28. The Kier molecular flexibility index (Phi) is 6.49. The Balaban J connectivity index is 2.68. The second kappa shape index (κ2) is 7.16. The van der Waals surface area contributed by atoms with Crippen molar-refractivity contribution in [2.75, 3.05) is 26.4 Å². The Hall–Kier alpha value is 0.270. The Morgan fingerprint density at radius 3 is 2.33 bits per heavy atom. The molecule has 1 N–H and O–H groups in total. The quantitative estimate of drug-likeness (QED) is 0.799. The van der Waals surface area contributed by atoms with E-state index in [1.165, 1.54) is 32.4 Å². The van der Waals surface area contributed by atoms with Crippen LogP contribution in [0.5, 0.6) is 0 Å². The first-order chi connectivity index (χ1) is 8.53. The lowest BCUT2D eigenvalue weighted by atomic mass is 9.86. The normalized spacial score (nSPS) is 30.7. The van der Waals surface area contributed by atoms with Gasteiger partial charge in [-0.25, -0.2) is 0 Å². The van der Waals surface area contributed by atoms with Crippen LogP contribution in [0.1, 0.15) is 47.0 Å². The summed E-state index contributed by atoms with van der Waals surface area (Å²) >= 11 is 2.06. The van der Waals surface area contributed by atoms with Crippen molar-refractivity contribution < 1.29 is 0 Å². The fourth-order valence-corrected chi connectivity index (χ4v) is 4.14. The summed E-state index contributed by atoms with van der Waals surface area (Å²) in [4.78, 5) is 2.72. The van der Waals surface area contributed by atoms with E-state index in [0.29, 0.717) is 16.8 Å². The van der Waals surface area contributed by atoms with Gasteiger partial charge in [0.15, 0.2) is 0 Å². The van der Waals surface area contributed by atoms with Crippen molar-refractivity contribution in [2.45, 2.75) is 63.8 Å². The molecule has 1 fully saturated rings. The van der Waals surface area contributed by atoms with E-state index in [4.69, 9.17) is 0 Å². The van der Waals surface area contributed by atoms with Crippen molar-refractivity contribution in [3.05, 3.63) is 0 Å². The highest BCUT2D eigenvalue weighted by Crippen LogP contribution is 2.34. The van der Waals surface area contributed by atoms with Crippen molar-refractivity contribution in [1.29, 1.82) is 0 Å². The summed E-state index contributed by atoms with van der Waals surface area (Å²) in [5, 5.41) is 3.48. The average Bonchev–Trinajstić information content (AvgIpc) is 2.41. The number of thioether (sulfide) groups is 1. The average molecular weight is 273 g/mol. The van der Waals surface area contributed by atoms with E-state index in [1.54, 1.807) is 0 Å².